The van der Waals surface area contributed by atoms with E-state index >= 15 is 0 Å². The van der Waals surface area contributed by atoms with Gasteiger partial charge in [0.2, 0.25) is 0 Å². The normalized spacial score (nSPS) is 12.0. The van der Waals surface area contributed by atoms with Crippen LogP contribution in [0.3, 0.4) is 0 Å². The van der Waals surface area contributed by atoms with Crippen molar-refractivity contribution in [2.75, 3.05) is 0 Å². The van der Waals surface area contributed by atoms with E-state index in [-0.39, 0.29) is 13.2 Å². The molecule has 0 spiro atoms. The van der Waals surface area contributed by atoms with Gasteiger partial charge in [-0.2, -0.15) is 0 Å². The van der Waals surface area contributed by atoms with Gasteiger partial charge in [0.1, 0.15) is 0 Å². The summed E-state index contributed by atoms with van der Waals surface area (Å²) in [6.45, 7) is 0.0784. The minimum absolute atomic E-state index is 0.0392. The number of hydrogen-bond acceptors (Lipinski definition) is 5. The van der Waals surface area contributed by atoms with Gasteiger partial charge in [-0.3, -0.25) is 0 Å². The fourth-order valence-corrected chi connectivity index (χ4v) is 7.03. The van der Waals surface area contributed by atoms with Gasteiger partial charge in [0.05, 0.1) is 0 Å². The quantitative estimate of drug-likeness (QED) is 0.255. The van der Waals surface area contributed by atoms with Crippen LogP contribution in [0, 0.1) is 3.57 Å². The fraction of sp³-hybridized carbons (Fsp3) is 0.100. The monoisotopic (exact) mass is 532 g/mol. The van der Waals surface area contributed by atoms with Crippen LogP contribution in [0.1, 0.15) is 11.1 Å². The van der Waals surface area contributed by atoms with Crippen molar-refractivity contribution in [1.29, 1.82) is 0 Å². The Hall–Kier alpha value is -1.25. The Balaban J connectivity index is 1.72. The van der Waals surface area contributed by atoms with Crippen LogP contribution in [0.25, 0.3) is 0 Å². The molecule has 5 nitrogen and oxygen atoms in total. The van der Waals surface area contributed by atoms with Crippen LogP contribution in [0.4, 0.5) is 0 Å². The molecule has 3 aromatic carbocycles. The van der Waals surface area contributed by atoms with E-state index in [1.807, 2.05) is 60.7 Å². The first-order valence-corrected chi connectivity index (χ1v) is 13.1. The number of halogens is 2. The number of rotatable bonds is 9. The number of phosphoric acid groups is 1. The molecule has 3 aromatic rings. The first-order chi connectivity index (χ1) is 13.5. The van der Waals surface area contributed by atoms with E-state index in [9.17, 15) is 8.00 Å². The van der Waals surface area contributed by atoms with Crippen molar-refractivity contribution in [2.24, 2.45) is 0 Å². The summed E-state index contributed by atoms with van der Waals surface area (Å²) in [5, 5.41) is 0.539. The Morgan fingerprint density at radius 3 is 1.71 bits per heavy atom. The van der Waals surface area contributed by atoms with E-state index in [4.69, 9.17) is 23.5 Å². The fourth-order valence-electron chi connectivity index (χ4n) is 2.19. The van der Waals surface area contributed by atoms with Crippen LogP contribution >= 0.6 is 40.1 Å². The van der Waals surface area contributed by atoms with Crippen molar-refractivity contribution in [3.63, 3.8) is 0 Å². The van der Waals surface area contributed by atoms with Crippen molar-refractivity contribution in [3.05, 3.63) is 105 Å². The van der Waals surface area contributed by atoms with Gasteiger partial charge >= 0.3 is 178 Å². The number of hydrogen-bond donors (Lipinski definition) is 1. The van der Waals surface area contributed by atoms with Crippen molar-refractivity contribution < 1.29 is 19.9 Å². The van der Waals surface area contributed by atoms with Gasteiger partial charge in [0.25, 0.3) is 0 Å². The molecule has 0 unspecified atom stereocenters. The maximum absolute atomic E-state index is 13.2. The van der Waals surface area contributed by atoms with Gasteiger partial charge in [-0.25, -0.2) is 0 Å². The molecule has 148 valence electrons. The first kappa shape index (κ1) is 21.5. The summed E-state index contributed by atoms with van der Waals surface area (Å²) >= 11 is 2.65. The van der Waals surface area contributed by atoms with E-state index in [1.54, 1.807) is 24.3 Å². The molecule has 0 fully saturated rings. The van der Waals surface area contributed by atoms with Gasteiger partial charge in [0, 0.05) is 0 Å². The zero-order chi connectivity index (χ0) is 19.8. The standard InChI is InChI=1S/C20H19ClIO5P/c21-19-11-13-20(14-12-19)22(23)27-28(24,25-15-17-7-3-1-4-8-17)26-16-18-9-5-2-6-10-18/h1-14,23H,15-16H2. The molecular formula is C20H19ClIO5P. The van der Waals surface area contributed by atoms with Crippen LogP contribution in [0.5, 0.6) is 0 Å². The molecule has 0 atom stereocenters. The summed E-state index contributed by atoms with van der Waals surface area (Å²) in [6, 6.07) is 25.1. The van der Waals surface area contributed by atoms with Crippen molar-refractivity contribution in [3.8, 4) is 0 Å². The van der Waals surface area contributed by atoms with Gasteiger partial charge in [0.15, 0.2) is 0 Å². The Labute approximate surface area is 177 Å². The average molecular weight is 533 g/mol. The Morgan fingerprint density at radius 2 is 1.25 bits per heavy atom. The first-order valence-electron chi connectivity index (χ1n) is 8.36. The van der Waals surface area contributed by atoms with Gasteiger partial charge in [-0.1, -0.05) is 0 Å². The topological polar surface area (TPSA) is 65.0 Å². The molecule has 0 radical (unpaired) electrons. The molecule has 0 saturated carbocycles. The zero-order valence-electron chi connectivity index (χ0n) is 14.8. The summed E-state index contributed by atoms with van der Waals surface area (Å²) in [5.74, 6) is 0. The molecule has 0 bridgehead atoms. The van der Waals surface area contributed by atoms with Crippen LogP contribution in [-0.2, 0) is 29.7 Å². The predicted molar refractivity (Wildman–Crippen MR) is 118 cm³/mol. The summed E-state index contributed by atoms with van der Waals surface area (Å²) in [7, 11) is -4.00. The molecule has 0 aliphatic carbocycles. The second-order valence-corrected chi connectivity index (χ2v) is 11.4. The predicted octanol–water partition coefficient (Wildman–Crippen LogP) is 6.40. The molecule has 3 rings (SSSR count). The number of phosphoric ester groups is 1. The third kappa shape index (κ3) is 6.67. The SMILES string of the molecule is O=P(OCc1ccccc1)(OCc1ccccc1)OI(O)c1ccc(Cl)cc1. The molecule has 0 heterocycles. The molecule has 28 heavy (non-hydrogen) atoms. The van der Waals surface area contributed by atoms with Crippen LogP contribution < -0.4 is 0 Å². The molecular weight excluding hydrogens is 514 g/mol. The maximum atomic E-state index is 13.2. The van der Waals surface area contributed by atoms with Crippen molar-refractivity contribution in [2.45, 2.75) is 13.2 Å². The zero-order valence-corrected chi connectivity index (χ0v) is 18.6. The van der Waals surface area contributed by atoms with Crippen molar-refractivity contribution in [1.82, 2.24) is 0 Å². The van der Waals surface area contributed by atoms with Gasteiger partial charge in [-0.05, 0) is 0 Å². The van der Waals surface area contributed by atoms with E-state index < -0.39 is 28.5 Å². The molecule has 1 N–H and O–H groups in total. The third-order valence-electron chi connectivity index (χ3n) is 3.60. The average Bonchev–Trinajstić information content (AvgIpc) is 2.73. The Kier molecular flexibility index (Phi) is 8.05. The summed E-state index contributed by atoms with van der Waals surface area (Å²) in [5.41, 5.74) is 1.64. The van der Waals surface area contributed by atoms with Crippen LogP contribution in [0.15, 0.2) is 84.9 Å². The molecule has 0 saturated heterocycles. The minimum atomic E-state index is -4.00. The summed E-state index contributed by atoms with van der Waals surface area (Å²) < 4.78 is 40.8. The summed E-state index contributed by atoms with van der Waals surface area (Å²) in [4.78, 5) is 0. The van der Waals surface area contributed by atoms with Crippen LogP contribution in [-0.4, -0.2) is 3.44 Å². The molecule has 0 aromatic heterocycles. The third-order valence-corrected chi connectivity index (χ3v) is 9.40. The molecule has 0 aliphatic heterocycles. The van der Waals surface area contributed by atoms with Crippen LogP contribution in [0.2, 0.25) is 5.02 Å². The molecule has 0 amide bonds. The second-order valence-electron chi connectivity index (χ2n) is 5.70. The Morgan fingerprint density at radius 1 is 0.786 bits per heavy atom. The summed E-state index contributed by atoms with van der Waals surface area (Å²) in [6.07, 6.45) is 0. The molecule has 0 aliphatic rings. The number of benzene rings is 3. The van der Waals surface area contributed by atoms with Crippen molar-refractivity contribution >= 4 is 40.1 Å². The molecule has 8 heteroatoms. The van der Waals surface area contributed by atoms with E-state index in [0.717, 1.165) is 11.1 Å². The second kappa shape index (κ2) is 10.5. The Bertz CT molecular complexity index is 861. The van der Waals surface area contributed by atoms with E-state index in [2.05, 4.69) is 0 Å². The van der Waals surface area contributed by atoms with Gasteiger partial charge < -0.3 is 0 Å². The van der Waals surface area contributed by atoms with E-state index in [0.29, 0.717) is 8.59 Å². The van der Waals surface area contributed by atoms with Gasteiger partial charge in [-0.15, -0.1) is 0 Å². The van der Waals surface area contributed by atoms with E-state index in [1.165, 1.54) is 0 Å².